The van der Waals surface area contributed by atoms with E-state index < -0.39 is 0 Å². The SMILES string of the molecule is CCc1ccccc1C(=O)[Se]. The van der Waals surface area contributed by atoms with Crippen LogP contribution in [0.3, 0.4) is 0 Å². The van der Waals surface area contributed by atoms with Gasteiger partial charge in [-0.2, -0.15) is 0 Å². The molecule has 1 nitrogen and oxygen atoms in total. The van der Waals surface area contributed by atoms with E-state index in [0.29, 0.717) is 0 Å². The quantitative estimate of drug-likeness (QED) is 0.680. The van der Waals surface area contributed by atoms with Crippen molar-refractivity contribution in [2.75, 3.05) is 0 Å². The summed E-state index contributed by atoms with van der Waals surface area (Å²) in [6.07, 6.45) is 0.906. The van der Waals surface area contributed by atoms with Gasteiger partial charge in [-0.25, -0.2) is 0 Å². The van der Waals surface area contributed by atoms with Crippen LogP contribution in [0.5, 0.6) is 0 Å². The van der Waals surface area contributed by atoms with Crippen LogP contribution in [-0.4, -0.2) is 20.7 Å². The molecule has 0 bridgehead atoms. The van der Waals surface area contributed by atoms with E-state index in [9.17, 15) is 4.79 Å². The van der Waals surface area contributed by atoms with Gasteiger partial charge in [-0.05, 0) is 0 Å². The van der Waals surface area contributed by atoms with E-state index in [1.807, 2.05) is 31.2 Å². The molecule has 0 aliphatic heterocycles. The molecule has 0 saturated carbocycles. The van der Waals surface area contributed by atoms with Gasteiger partial charge in [0.25, 0.3) is 0 Å². The van der Waals surface area contributed by atoms with Crippen molar-refractivity contribution in [2.24, 2.45) is 0 Å². The molecule has 11 heavy (non-hydrogen) atoms. The molecule has 1 aromatic carbocycles. The van der Waals surface area contributed by atoms with E-state index in [4.69, 9.17) is 0 Å². The Kier molecular flexibility index (Phi) is 2.86. The Labute approximate surface area is 74.6 Å². The summed E-state index contributed by atoms with van der Waals surface area (Å²) in [7, 11) is 0. The van der Waals surface area contributed by atoms with Crippen LogP contribution in [0.2, 0.25) is 0 Å². The summed E-state index contributed by atoms with van der Waals surface area (Å²) in [4.78, 5) is 11.0. The summed E-state index contributed by atoms with van der Waals surface area (Å²) in [5.74, 6) is 0. The molecule has 0 atom stereocenters. The zero-order valence-corrected chi connectivity index (χ0v) is 8.05. The number of hydrogen-bond donors (Lipinski definition) is 0. The fraction of sp³-hybridized carbons (Fsp3) is 0.222. The molecule has 0 aromatic heterocycles. The first-order valence-electron chi connectivity index (χ1n) is 3.55. The third-order valence-electron chi connectivity index (χ3n) is 1.62. The monoisotopic (exact) mass is 213 g/mol. The van der Waals surface area contributed by atoms with Gasteiger partial charge in [0, 0.05) is 0 Å². The summed E-state index contributed by atoms with van der Waals surface area (Å²) in [5.41, 5.74) is 1.91. The second-order valence-electron chi connectivity index (χ2n) is 2.30. The van der Waals surface area contributed by atoms with Crippen LogP contribution in [0.4, 0.5) is 0 Å². The predicted molar refractivity (Wildman–Crippen MR) is 45.9 cm³/mol. The maximum atomic E-state index is 11.0. The van der Waals surface area contributed by atoms with Crippen LogP contribution in [0.25, 0.3) is 0 Å². The Morgan fingerprint density at radius 2 is 2.09 bits per heavy atom. The standard InChI is InChI=1S/C9H9OSe/c1-2-7-5-3-4-6-8(7)9(10)11/h3-6H,2H2,1H3. The second-order valence-corrected chi connectivity index (χ2v) is 3.08. The third-order valence-corrected chi connectivity index (χ3v) is 2.08. The number of carbonyl (C=O) groups is 1. The summed E-state index contributed by atoms with van der Waals surface area (Å²) in [5, 5.41) is 0. The molecular formula is C9H9OSe. The number of aryl methyl sites for hydroxylation is 1. The first kappa shape index (κ1) is 8.51. The van der Waals surface area contributed by atoms with Gasteiger partial charge in [-0.15, -0.1) is 0 Å². The fourth-order valence-electron chi connectivity index (χ4n) is 1.03. The molecule has 0 unspecified atom stereocenters. The fourth-order valence-corrected chi connectivity index (χ4v) is 1.45. The molecule has 1 radical (unpaired) electrons. The van der Waals surface area contributed by atoms with E-state index in [-0.39, 0.29) is 4.68 Å². The van der Waals surface area contributed by atoms with Crippen molar-refractivity contribution < 1.29 is 4.79 Å². The van der Waals surface area contributed by atoms with E-state index >= 15 is 0 Å². The zero-order chi connectivity index (χ0) is 8.27. The van der Waals surface area contributed by atoms with Gasteiger partial charge in [0.1, 0.15) is 0 Å². The molecule has 0 N–H and O–H groups in total. The van der Waals surface area contributed by atoms with Crippen LogP contribution < -0.4 is 0 Å². The molecule has 0 saturated heterocycles. The molecule has 1 rings (SSSR count). The molecule has 0 heterocycles. The first-order valence-corrected chi connectivity index (χ1v) is 4.40. The van der Waals surface area contributed by atoms with Gasteiger partial charge in [0.2, 0.25) is 0 Å². The van der Waals surface area contributed by atoms with E-state index in [1.54, 1.807) is 0 Å². The van der Waals surface area contributed by atoms with Crippen molar-refractivity contribution in [3.05, 3.63) is 35.4 Å². The van der Waals surface area contributed by atoms with E-state index in [0.717, 1.165) is 17.5 Å². The van der Waals surface area contributed by atoms with Crippen molar-refractivity contribution >= 4 is 20.7 Å². The minimum atomic E-state index is 0.0300. The van der Waals surface area contributed by atoms with Gasteiger partial charge >= 0.3 is 74.2 Å². The summed E-state index contributed by atoms with van der Waals surface area (Å²) in [6.45, 7) is 2.04. The van der Waals surface area contributed by atoms with Gasteiger partial charge in [-0.1, -0.05) is 0 Å². The van der Waals surface area contributed by atoms with Gasteiger partial charge < -0.3 is 0 Å². The Balaban J connectivity index is 3.12. The van der Waals surface area contributed by atoms with E-state index in [2.05, 4.69) is 16.0 Å². The van der Waals surface area contributed by atoms with Crippen molar-refractivity contribution in [3.63, 3.8) is 0 Å². The Hall–Kier alpha value is -0.591. The van der Waals surface area contributed by atoms with Gasteiger partial charge in [0.05, 0.1) is 0 Å². The average molecular weight is 212 g/mol. The van der Waals surface area contributed by atoms with E-state index in [1.165, 1.54) is 0 Å². The Morgan fingerprint density at radius 1 is 1.45 bits per heavy atom. The van der Waals surface area contributed by atoms with Crippen LogP contribution in [0.1, 0.15) is 22.8 Å². The van der Waals surface area contributed by atoms with Crippen molar-refractivity contribution in [1.82, 2.24) is 0 Å². The minimum absolute atomic E-state index is 0.0300. The number of hydrogen-bond acceptors (Lipinski definition) is 1. The summed E-state index contributed by atoms with van der Waals surface area (Å²) < 4.78 is 0.0300. The first-order chi connectivity index (χ1) is 5.25. The van der Waals surface area contributed by atoms with Crippen LogP contribution in [0, 0.1) is 0 Å². The molecule has 0 amide bonds. The van der Waals surface area contributed by atoms with Crippen LogP contribution >= 0.6 is 0 Å². The predicted octanol–water partition coefficient (Wildman–Crippen LogP) is 1.56. The molecule has 0 aliphatic carbocycles. The van der Waals surface area contributed by atoms with Crippen molar-refractivity contribution in [1.29, 1.82) is 0 Å². The number of benzene rings is 1. The van der Waals surface area contributed by atoms with Crippen molar-refractivity contribution in [2.45, 2.75) is 13.3 Å². The molecule has 0 spiro atoms. The normalized spacial score (nSPS) is 9.55. The molecule has 1 aromatic rings. The van der Waals surface area contributed by atoms with Crippen LogP contribution in [-0.2, 0) is 6.42 Å². The Morgan fingerprint density at radius 3 is 2.55 bits per heavy atom. The topological polar surface area (TPSA) is 17.1 Å². The number of carbonyl (C=O) groups excluding carboxylic acids is 1. The third kappa shape index (κ3) is 1.92. The van der Waals surface area contributed by atoms with Crippen molar-refractivity contribution in [3.8, 4) is 0 Å². The van der Waals surface area contributed by atoms with Gasteiger partial charge in [0.15, 0.2) is 0 Å². The molecule has 0 fully saturated rings. The van der Waals surface area contributed by atoms with Gasteiger partial charge in [-0.3, -0.25) is 0 Å². The molecule has 2 heteroatoms. The average Bonchev–Trinajstić information content (AvgIpc) is 2.04. The Bertz CT molecular complexity index is 268. The maximum absolute atomic E-state index is 11.0. The zero-order valence-electron chi connectivity index (χ0n) is 6.33. The molecular weight excluding hydrogens is 203 g/mol. The van der Waals surface area contributed by atoms with Crippen LogP contribution in [0.15, 0.2) is 24.3 Å². The molecule has 0 aliphatic rings. The second kappa shape index (κ2) is 3.70. The number of rotatable bonds is 2. The molecule has 57 valence electrons. The summed E-state index contributed by atoms with van der Waals surface area (Å²) >= 11 is 2.49. The summed E-state index contributed by atoms with van der Waals surface area (Å²) in [6, 6.07) is 7.65.